The molecule has 0 aliphatic carbocycles. The highest BCUT2D eigenvalue weighted by atomic mass is 19.1. The molecule has 1 fully saturated rings. The van der Waals surface area contributed by atoms with Crippen molar-refractivity contribution in [2.24, 2.45) is 5.73 Å². The van der Waals surface area contributed by atoms with Crippen LogP contribution in [0.4, 0.5) is 4.39 Å². The summed E-state index contributed by atoms with van der Waals surface area (Å²) in [5, 5.41) is 9.09. The molecule has 0 aromatic heterocycles. The molecule has 1 aliphatic rings. The number of morpholine rings is 1. The minimum absolute atomic E-state index is 0.0173. The van der Waals surface area contributed by atoms with E-state index in [1.807, 2.05) is 0 Å². The van der Waals surface area contributed by atoms with Crippen LogP contribution in [0.5, 0.6) is 0 Å². The summed E-state index contributed by atoms with van der Waals surface area (Å²) in [6.45, 7) is 3.11. The van der Waals surface area contributed by atoms with Crippen LogP contribution < -0.4 is 5.73 Å². The van der Waals surface area contributed by atoms with Crippen LogP contribution in [-0.4, -0.2) is 42.4 Å². The van der Waals surface area contributed by atoms with Crippen molar-refractivity contribution in [3.63, 3.8) is 0 Å². The standard InChI is InChI=1S/C13H19FN2O2/c14-12-2-1-10(6-15)11(5-12)7-16-3-4-18-13(8-16)9-17/h1-2,5,13,17H,3-4,6-9,15H2. The zero-order valence-corrected chi connectivity index (χ0v) is 10.3. The molecule has 3 N–H and O–H groups in total. The molecule has 1 aromatic carbocycles. The highest BCUT2D eigenvalue weighted by molar-refractivity contribution is 5.27. The zero-order chi connectivity index (χ0) is 13.0. The van der Waals surface area contributed by atoms with Crippen molar-refractivity contribution >= 4 is 0 Å². The van der Waals surface area contributed by atoms with E-state index in [9.17, 15) is 4.39 Å². The van der Waals surface area contributed by atoms with E-state index in [4.69, 9.17) is 15.6 Å². The van der Waals surface area contributed by atoms with Gasteiger partial charge in [0.1, 0.15) is 5.82 Å². The molecule has 1 saturated heterocycles. The number of rotatable bonds is 4. The number of ether oxygens (including phenoxy) is 1. The lowest BCUT2D eigenvalue weighted by Crippen LogP contribution is -2.43. The lowest BCUT2D eigenvalue weighted by molar-refractivity contribution is -0.0551. The summed E-state index contributed by atoms with van der Waals surface area (Å²) in [4.78, 5) is 2.15. The molecule has 100 valence electrons. The Morgan fingerprint density at radius 2 is 2.28 bits per heavy atom. The van der Waals surface area contributed by atoms with Crippen molar-refractivity contribution < 1.29 is 14.2 Å². The molecule has 2 rings (SSSR count). The third-order valence-electron chi connectivity index (χ3n) is 3.21. The molecule has 1 aliphatic heterocycles. The van der Waals surface area contributed by atoms with Crippen LogP contribution in [0.25, 0.3) is 0 Å². The Balaban J connectivity index is 2.06. The fraction of sp³-hybridized carbons (Fsp3) is 0.538. The van der Waals surface area contributed by atoms with E-state index < -0.39 is 0 Å². The summed E-state index contributed by atoms with van der Waals surface area (Å²) >= 11 is 0. The predicted octanol–water partition coefficient (Wildman–Crippen LogP) is 0.478. The Morgan fingerprint density at radius 1 is 1.44 bits per heavy atom. The molecular formula is C13H19FN2O2. The maximum Gasteiger partial charge on any atom is 0.123 e. The molecule has 0 radical (unpaired) electrons. The van der Waals surface area contributed by atoms with Gasteiger partial charge in [0.2, 0.25) is 0 Å². The van der Waals surface area contributed by atoms with Gasteiger partial charge in [-0.05, 0) is 23.3 Å². The van der Waals surface area contributed by atoms with E-state index >= 15 is 0 Å². The second kappa shape index (κ2) is 6.24. The normalized spacial score (nSPS) is 21.2. The first kappa shape index (κ1) is 13.4. The molecule has 0 saturated carbocycles. The van der Waals surface area contributed by atoms with Crippen molar-refractivity contribution in [2.45, 2.75) is 19.2 Å². The zero-order valence-electron chi connectivity index (χ0n) is 10.3. The molecule has 4 nitrogen and oxygen atoms in total. The Labute approximate surface area is 106 Å². The van der Waals surface area contributed by atoms with Crippen LogP contribution in [0.1, 0.15) is 11.1 Å². The first-order valence-corrected chi connectivity index (χ1v) is 6.15. The van der Waals surface area contributed by atoms with Gasteiger partial charge in [-0.3, -0.25) is 4.90 Å². The first-order chi connectivity index (χ1) is 8.72. The van der Waals surface area contributed by atoms with Gasteiger partial charge in [0.15, 0.2) is 0 Å². The van der Waals surface area contributed by atoms with E-state index in [0.717, 1.165) is 17.7 Å². The van der Waals surface area contributed by atoms with E-state index in [-0.39, 0.29) is 18.5 Å². The van der Waals surface area contributed by atoms with Crippen LogP contribution in [-0.2, 0) is 17.8 Å². The number of halogens is 1. The smallest absolute Gasteiger partial charge is 0.123 e. The minimum atomic E-state index is -0.242. The number of benzene rings is 1. The molecular weight excluding hydrogens is 235 g/mol. The topological polar surface area (TPSA) is 58.7 Å². The van der Waals surface area contributed by atoms with Crippen LogP contribution in [0.3, 0.4) is 0 Å². The van der Waals surface area contributed by atoms with Gasteiger partial charge in [0.25, 0.3) is 0 Å². The Hall–Kier alpha value is -1.01. The van der Waals surface area contributed by atoms with Gasteiger partial charge in [-0.2, -0.15) is 0 Å². The van der Waals surface area contributed by atoms with E-state index in [0.29, 0.717) is 26.2 Å². The lowest BCUT2D eigenvalue weighted by Gasteiger charge is -2.32. The van der Waals surface area contributed by atoms with Gasteiger partial charge in [-0.1, -0.05) is 6.07 Å². The summed E-state index contributed by atoms with van der Waals surface area (Å²) in [7, 11) is 0. The maximum absolute atomic E-state index is 13.3. The molecule has 0 bridgehead atoms. The maximum atomic E-state index is 13.3. The first-order valence-electron chi connectivity index (χ1n) is 6.15. The molecule has 1 aromatic rings. The fourth-order valence-corrected chi connectivity index (χ4v) is 2.22. The van der Waals surface area contributed by atoms with Gasteiger partial charge in [0, 0.05) is 26.2 Å². The lowest BCUT2D eigenvalue weighted by atomic mass is 10.1. The molecule has 18 heavy (non-hydrogen) atoms. The summed E-state index contributed by atoms with van der Waals surface area (Å²) in [6, 6.07) is 4.70. The van der Waals surface area contributed by atoms with Gasteiger partial charge < -0.3 is 15.6 Å². The summed E-state index contributed by atoms with van der Waals surface area (Å²) in [6.07, 6.45) is -0.145. The number of hydrogen-bond donors (Lipinski definition) is 2. The Kier molecular flexibility index (Phi) is 4.66. The largest absolute Gasteiger partial charge is 0.394 e. The van der Waals surface area contributed by atoms with Crippen molar-refractivity contribution in [2.75, 3.05) is 26.3 Å². The summed E-state index contributed by atoms with van der Waals surface area (Å²) < 4.78 is 18.6. The van der Waals surface area contributed by atoms with Crippen molar-refractivity contribution in [1.82, 2.24) is 4.90 Å². The minimum Gasteiger partial charge on any atom is -0.394 e. The average Bonchev–Trinajstić information content (AvgIpc) is 2.39. The molecule has 1 atom stereocenters. The van der Waals surface area contributed by atoms with Crippen LogP contribution in [0, 0.1) is 5.82 Å². The monoisotopic (exact) mass is 254 g/mol. The predicted molar refractivity (Wildman–Crippen MR) is 66.4 cm³/mol. The Bertz CT molecular complexity index is 401. The fourth-order valence-electron chi connectivity index (χ4n) is 2.22. The highest BCUT2D eigenvalue weighted by Crippen LogP contribution is 2.15. The molecule has 5 heteroatoms. The molecule has 1 unspecified atom stereocenters. The molecule has 0 amide bonds. The van der Waals surface area contributed by atoms with Crippen molar-refractivity contribution in [3.05, 3.63) is 35.1 Å². The van der Waals surface area contributed by atoms with Gasteiger partial charge >= 0.3 is 0 Å². The number of hydrogen-bond acceptors (Lipinski definition) is 4. The second-order valence-corrected chi connectivity index (χ2v) is 4.53. The molecule has 1 heterocycles. The van der Waals surface area contributed by atoms with Gasteiger partial charge in [-0.15, -0.1) is 0 Å². The second-order valence-electron chi connectivity index (χ2n) is 4.53. The van der Waals surface area contributed by atoms with E-state index in [1.165, 1.54) is 12.1 Å². The summed E-state index contributed by atoms with van der Waals surface area (Å²) in [5.41, 5.74) is 7.53. The Morgan fingerprint density at radius 3 is 3.00 bits per heavy atom. The van der Waals surface area contributed by atoms with E-state index in [2.05, 4.69) is 4.90 Å². The van der Waals surface area contributed by atoms with Gasteiger partial charge in [-0.25, -0.2) is 4.39 Å². The molecule has 0 spiro atoms. The number of nitrogens with zero attached hydrogens (tertiary/aromatic N) is 1. The third-order valence-corrected chi connectivity index (χ3v) is 3.21. The van der Waals surface area contributed by atoms with Crippen molar-refractivity contribution in [3.8, 4) is 0 Å². The summed E-state index contributed by atoms with van der Waals surface area (Å²) in [5.74, 6) is -0.242. The quantitative estimate of drug-likeness (QED) is 0.820. The third kappa shape index (κ3) is 3.26. The SMILES string of the molecule is NCc1ccc(F)cc1CN1CCOC(CO)C1. The van der Waals surface area contributed by atoms with Crippen LogP contribution in [0.2, 0.25) is 0 Å². The van der Waals surface area contributed by atoms with Crippen LogP contribution >= 0.6 is 0 Å². The average molecular weight is 254 g/mol. The van der Waals surface area contributed by atoms with E-state index in [1.54, 1.807) is 6.07 Å². The van der Waals surface area contributed by atoms with Crippen molar-refractivity contribution in [1.29, 1.82) is 0 Å². The number of aliphatic hydroxyl groups is 1. The number of nitrogens with two attached hydrogens (primary N) is 1. The van der Waals surface area contributed by atoms with Gasteiger partial charge in [0.05, 0.1) is 19.3 Å². The number of aliphatic hydroxyl groups excluding tert-OH is 1. The van der Waals surface area contributed by atoms with Crippen LogP contribution in [0.15, 0.2) is 18.2 Å². The highest BCUT2D eigenvalue weighted by Gasteiger charge is 2.20.